The molecule has 1 unspecified atom stereocenters. The summed E-state index contributed by atoms with van der Waals surface area (Å²) in [6.07, 6.45) is -1.45. The van der Waals surface area contributed by atoms with E-state index in [1.807, 2.05) is 0 Å². The van der Waals surface area contributed by atoms with Crippen molar-refractivity contribution in [3.8, 4) is 0 Å². The highest BCUT2D eigenvalue weighted by Gasteiger charge is 2.42. The van der Waals surface area contributed by atoms with Gasteiger partial charge in [-0.3, -0.25) is 4.90 Å². The lowest BCUT2D eigenvalue weighted by atomic mass is 10.1. The maximum atomic E-state index is 12.4. The van der Waals surface area contributed by atoms with Crippen LogP contribution in [0.25, 0.3) is 0 Å². The van der Waals surface area contributed by atoms with E-state index in [2.05, 4.69) is 0 Å². The Hall–Kier alpha value is 0.0400. The molecule has 0 aromatic carbocycles. The predicted octanol–water partition coefficient (Wildman–Crippen LogP) is 2.64. The van der Waals surface area contributed by atoms with Gasteiger partial charge < -0.3 is 0 Å². The fourth-order valence-corrected chi connectivity index (χ4v) is 1.99. The summed E-state index contributed by atoms with van der Waals surface area (Å²) in [5.41, 5.74) is 0. The molecular weight excluding hydrogens is 203 g/mol. The van der Waals surface area contributed by atoms with Crippen molar-refractivity contribution in [2.45, 2.75) is 31.5 Å². The maximum Gasteiger partial charge on any atom is 0.405 e. The second-order valence-electron chi connectivity index (χ2n) is 3.31. The second kappa shape index (κ2) is 4.51. The SMILES string of the molecule is FC(F)(F)C(CCl)N1CCCCC1. The summed E-state index contributed by atoms with van der Waals surface area (Å²) in [7, 11) is 0. The molecule has 13 heavy (non-hydrogen) atoms. The minimum absolute atomic E-state index is 0.358. The van der Waals surface area contributed by atoms with E-state index >= 15 is 0 Å². The molecule has 0 aromatic rings. The molecule has 78 valence electrons. The summed E-state index contributed by atoms with van der Waals surface area (Å²) in [5.74, 6) is -0.358. The Morgan fingerprint density at radius 2 is 1.69 bits per heavy atom. The van der Waals surface area contributed by atoms with E-state index in [0.717, 1.165) is 19.3 Å². The number of nitrogens with zero attached hydrogens (tertiary/aromatic N) is 1. The van der Waals surface area contributed by atoms with Crippen LogP contribution < -0.4 is 0 Å². The first-order valence-electron chi connectivity index (χ1n) is 4.42. The van der Waals surface area contributed by atoms with Crippen molar-refractivity contribution in [2.24, 2.45) is 0 Å². The lowest BCUT2D eigenvalue weighted by Gasteiger charge is -2.34. The molecule has 5 heteroatoms. The van der Waals surface area contributed by atoms with Crippen LogP contribution in [0.3, 0.4) is 0 Å². The molecule has 1 atom stereocenters. The van der Waals surface area contributed by atoms with Gasteiger partial charge >= 0.3 is 6.18 Å². The van der Waals surface area contributed by atoms with E-state index in [1.54, 1.807) is 0 Å². The monoisotopic (exact) mass is 215 g/mol. The fourth-order valence-electron chi connectivity index (χ4n) is 1.62. The Balaban J connectivity index is 2.54. The quantitative estimate of drug-likeness (QED) is 0.640. The van der Waals surface area contributed by atoms with E-state index in [0.29, 0.717) is 13.1 Å². The van der Waals surface area contributed by atoms with E-state index in [9.17, 15) is 13.2 Å². The van der Waals surface area contributed by atoms with Crippen molar-refractivity contribution in [2.75, 3.05) is 19.0 Å². The van der Waals surface area contributed by atoms with Crippen LogP contribution in [-0.4, -0.2) is 36.1 Å². The topological polar surface area (TPSA) is 3.24 Å². The third kappa shape index (κ3) is 3.02. The Morgan fingerprint density at radius 3 is 2.08 bits per heavy atom. The van der Waals surface area contributed by atoms with Crippen LogP contribution in [0.5, 0.6) is 0 Å². The number of hydrogen-bond acceptors (Lipinski definition) is 1. The molecule has 1 nitrogen and oxygen atoms in total. The van der Waals surface area contributed by atoms with Gasteiger partial charge in [-0.1, -0.05) is 6.42 Å². The van der Waals surface area contributed by atoms with E-state index in [4.69, 9.17) is 11.6 Å². The van der Waals surface area contributed by atoms with Gasteiger partial charge in [-0.15, -0.1) is 11.6 Å². The highest BCUT2D eigenvalue weighted by molar-refractivity contribution is 6.18. The van der Waals surface area contributed by atoms with E-state index in [1.165, 1.54) is 4.90 Å². The molecule has 0 saturated carbocycles. The van der Waals surface area contributed by atoms with Crippen molar-refractivity contribution < 1.29 is 13.2 Å². The minimum Gasteiger partial charge on any atom is -0.291 e. The van der Waals surface area contributed by atoms with Gasteiger partial charge in [0.1, 0.15) is 6.04 Å². The standard InChI is InChI=1S/C8H13ClF3N/c9-6-7(8(10,11)12)13-4-2-1-3-5-13/h7H,1-6H2. The molecule has 0 aliphatic carbocycles. The third-order valence-corrected chi connectivity index (χ3v) is 2.65. The molecule has 1 fully saturated rings. The number of halogens is 4. The summed E-state index contributed by atoms with van der Waals surface area (Å²) in [4.78, 5) is 1.44. The van der Waals surface area contributed by atoms with Crippen molar-refractivity contribution in [1.29, 1.82) is 0 Å². The van der Waals surface area contributed by atoms with E-state index in [-0.39, 0.29) is 5.88 Å². The van der Waals surface area contributed by atoms with Gasteiger partial charge in [-0.25, -0.2) is 0 Å². The van der Waals surface area contributed by atoms with Crippen molar-refractivity contribution in [3.05, 3.63) is 0 Å². The number of likely N-dealkylation sites (tertiary alicyclic amines) is 1. The molecule has 1 aliphatic heterocycles. The lowest BCUT2D eigenvalue weighted by molar-refractivity contribution is -0.179. The third-order valence-electron chi connectivity index (χ3n) is 2.36. The fraction of sp³-hybridized carbons (Fsp3) is 1.00. The molecule has 0 N–H and O–H groups in total. The first-order chi connectivity index (χ1) is 6.05. The van der Waals surface area contributed by atoms with Gasteiger partial charge in [-0.2, -0.15) is 13.2 Å². The molecule has 1 heterocycles. The average molecular weight is 216 g/mol. The van der Waals surface area contributed by atoms with Gasteiger partial charge in [0.05, 0.1) is 0 Å². The number of rotatable bonds is 2. The minimum atomic E-state index is -4.18. The highest BCUT2D eigenvalue weighted by Crippen LogP contribution is 2.27. The number of alkyl halides is 4. The first kappa shape index (κ1) is 11.1. The summed E-state index contributed by atoms with van der Waals surface area (Å²) >= 11 is 5.32. The van der Waals surface area contributed by atoms with Gasteiger partial charge in [-0.05, 0) is 25.9 Å². The van der Waals surface area contributed by atoms with Gasteiger partial charge in [0, 0.05) is 5.88 Å². The molecule has 0 bridgehead atoms. The average Bonchev–Trinajstić information content (AvgIpc) is 2.05. The summed E-state index contributed by atoms with van der Waals surface area (Å²) < 4.78 is 37.1. The lowest BCUT2D eigenvalue weighted by Crippen LogP contribution is -2.49. The summed E-state index contributed by atoms with van der Waals surface area (Å²) in [6, 6.07) is -1.45. The van der Waals surface area contributed by atoms with Crippen LogP contribution in [0.2, 0.25) is 0 Å². The highest BCUT2D eigenvalue weighted by atomic mass is 35.5. The van der Waals surface area contributed by atoms with E-state index < -0.39 is 12.2 Å². The summed E-state index contributed by atoms with van der Waals surface area (Å²) in [5, 5.41) is 0. The van der Waals surface area contributed by atoms with Crippen LogP contribution in [0.15, 0.2) is 0 Å². The van der Waals surface area contributed by atoms with Crippen molar-refractivity contribution in [3.63, 3.8) is 0 Å². The normalized spacial score (nSPS) is 23.1. The molecular formula is C8H13ClF3N. The zero-order chi connectivity index (χ0) is 9.90. The van der Waals surface area contributed by atoms with Gasteiger partial charge in [0.25, 0.3) is 0 Å². The zero-order valence-corrected chi connectivity index (χ0v) is 8.03. The van der Waals surface area contributed by atoms with Crippen LogP contribution in [0.4, 0.5) is 13.2 Å². The maximum absolute atomic E-state index is 12.4. The molecule has 1 aliphatic rings. The van der Waals surface area contributed by atoms with Crippen LogP contribution in [-0.2, 0) is 0 Å². The zero-order valence-electron chi connectivity index (χ0n) is 7.28. The molecule has 0 aromatic heterocycles. The number of hydrogen-bond donors (Lipinski definition) is 0. The van der Waals surface area contributed by atoms with Crippen LogP contribution in [0.1, 0.15) is 19.3 Å². The van der Waals surface area contributed by atoms with Crippen molar-refractivity contribution >= 4 is 11.6 Å². The smallest absolute Gasteiger partial charge is 0.291 e. The first-order valence-corrected chi connectivity index (χ1v) is 4.96. The molecule has 0 amide bonds. The van der Waals surface area contributed by atoms with Crippen molar-refractivity contribution in [1.82, 2.24) is 4.90 Å². The van der Waals surface area contributed by atoms with Gasteiger partial charge in [0.2, 0.25) is 0 Å². The Morgan fingerprint density at radius 1 is 1.15 bits per heavy atom. The molecule has 1 rings (SSSR count). The predicted molar refractivity (Wildman–Crippen MR) is 46.0 cm³/mol. The second-order valence-corrected chi connectivity index (χ2v) is 3.62. The van der Waals surface area contributed by atoms with Gasteiger partial charge in [0.15, 0.2) is 0 Å². The summed E-state index contributed by atoms with van der Waals surface area (Å²) in [6.45, 7) is 1.05. The molecule has 1 saturated heterocycles. The number of piperidine rings is 1. The largest absolute Gasteiger partial charge is 0.405 e. The molecule has 0 radical (unpaired) electrons. The Kier molecular flexibility index (Phi) is 3.86. The molecule has 0 spiro atoms. The van der Waals surface area contributed by atoms with Crippen LogP contribution in [0, 0.1) is 0 Å². The van der Waals surface area contributed by atoms with Crippen LogP contribution >= 0.6 is 11.6 Å². The Bertz CT molecular complexity index is 154. The Labute approximate surface area is 80.8 Å².